The first kappa shape index (κ1) is 17.5. The van der Waals surface area contributed by atoms with E-state index in [2.05, 4.69) is 20.5 Å². The molecule has 2 aromatic heterocycles. The van der Waals surface area contributed by atoms with Gasteiger partial charge in [-0.05, 0) is 50.4 Å². The van der Waals surface area contributed by atoms with Crippen LogP contribution in [0.3, 0.4) is 0 Å². The second kappa shape index (κ2) is 7.78. The lowest BCUT2D eigenvalue weighted by atomic mass is 9.89. The lowest BCUT2D eigenvalue weighted by Crippen LogP contribution is -2.27. The average Bonchev–Trinajstić information content (AvgIpc) is 3.14. The van der Waals surface area contributed by atoms with E-state index in [1.807, 2.05) is 42.8 Å². The third-order valence-corrected chi connectivity index (χ3v) is 5.55. The summed E-state index contributed by atoms with van der Waals surface area (Å²) in [6, 6.07) is 9.77. The monoisotopic (exact) mass is 385 g/mol. The van der Waals surface area contributed by atoms with Crippen molar-refractivity contribution in [1.82, 2.24) is 25.5 Å². The summed E-state index contributed by atoms with van der Waals surface area (Å²) in [5, 5.41) is 12.9. The van der Waals surface area contributed by atoms with Crippen molar-refractivity contribution in [3.05, 3.63) is 47.2 Å². The number of aromatic amines is 1. The summed E-state index contributed by atoms with van der Waals surface area (Å²) >= 11 is 7.61. The van der Waals surface area contributed by atoms with Crippen molar-refractivity contribution >= 4 is 23.4 Å². The van der Waals surface area contributed by atoms with Crippen LogP contribution in [0.5, 0.6) is 0 Å². The van der Waals surface area contributed by atoms with Crippen LogP contribution in [-0.4, -0.2) is 39.5 Å². The van der Waals surface area contributed by atoms with Gasteiger partial charge in [0.2, 0.25) is 0 Å². The van der Waals surface area contributed by atoms with Crippen LogP contribution >= 0.6 is 23.4 Å². The molecule has 0 amide bonds. The molecule has 0 bridgehead atoms. The molecule has 0 unspecified atom stereocenters. The predicted molar refractivity (Wildman–Crippen MR) is 107 cm³/mol. The molecular formula is C19H20ClN5S. The van der Waals surface area contributed by atoms with Crippen LogP contribution in [0.25, 0.3) is 22.5 Å². The Morgan fingerprint density at radius 1 is 1.12 bits per heavy atom. The highest BCUT2D eigenvalue weighted by molar-refractivity contribution is 7.98. The van der Waals surface area contributed by atoms with Gasteiger partial charge in [-0.15, -0.1) is 0 Å². The summed E-state index contributed by atoms with van der Waals surface area (Å²) in [4.78, 5) is 9.06. The normalized spacial score (nSPS) is 15.3. The number of benzene rings is 1. The Morgan fingerprint density at radius 3 is 2.62 bits per heavy atom. The fraction of sp³-hybridized carbons (Fsp3) is 0.316. The van der Waals surface area contributed by atoms with Crippen LogP contribution in [-0.2, 0) is 0 Å². The summed E-state index contributed by atoms with van der Waals surface area (Å²) in [6.45, 7) is 2.05. The van der Waals surface area contributed by atoms with E-state index in [9.17, 15) is 0 Å². The predicted octanol–water partition coefficient (Wildman–Crippen LogP) is 4.38. The molecule has 0 atom stereocenters. The molecular weight excluding hydrogens is 366 g/mol. The van der Waals surface area contributed by atoms with Crippen molar-refractivity contribution in [2.24, 2.45) is 0 Å². The zero-order chi connectivity index (χ0) is 17.9. The van der Waals surface area contributed by atoms with Gasteiger partial charge in [0.1, 0.15) is 5.69 Å². The number of aromatic nitrogens is 4. The summed E-state index contributed by atoms with van der Waals surface area (Å²) in [6.07, 6.45) is 5.99. The van der Waals surface area contributed by atoms with E-state index in [1.54, 1.807) is 11.8 Å². The first-order valence-electron chi connectivity index (χ1n) is 8.68. The molecule has 0 saturated carbocycles. The molecule has 1 aromatic carbocycles. The lowest BCUT2D eigenvalue weighted by molar-refractivity contribution is 0.453. The molecule has 1 saturated heterocycles. The molecule has 0 radical (unpaired) electrons. The van der Waals surface area contributed by atoms with Crippen LogP contribution in [0.4, 0.5) is 0 Å². The molecule has 1 aliphatic rings. The summed E-state index contributed by atoms with van der Waals surface area (Å²) in [5.41, 5.74) is 5.11. The highest BCUT2D eigenvalue weighted by Gasteiger charge is 2.25. The summed E-state index contributed by atoms with van der Waals surface area (Å²) < 4.78 is 0. The molecule has 4 rings (SSSR count). The fourth-order valence-corrected chi connectivity index (χ4v) is 3.90. The molecule has 26 heavy (non-hydrogen) atoms. The smallest absolute Gasteiger partial charge is 0.187 e. The van der Waals surface area contributed by atoms with E-state index in [0.717, 1.165) is 58.6 Å². The van der Waals surface area contributed by atoms with Crippen molar-refractivity contribution in [1.29, 1.82) is 0 Å². The van der Waals surface area contributed by atoms with Crippen LogP contribution in [0.15, 0.2) is 41.7 Å². The largest absolute Gasteiger partial charge is 0.317 e. The molecule has 1 fully saturated rings. The highest BCUT2D eigenvalue weighted by Crippen LogP contribution is 2.38. The Kier molecular flexibility index (Phi) is 5.24. The van der Waals surface area contributed by atoms with Gasteiger partial charge in [-0.3, -0.25) is 5.10 Å². The van der Waals surface area contributed by atoms with E-state index < -0.39 is 0 Å². The number of rotatable bonds is 4. The van der Waals surface area contributed by atoms with Crippen LogP contribution < -0.4 is 5.32 Å². The highest BCUT2D eigenvalue weighted by atomic mass is 35.5. The zero-order valence-electron chi connectivity index (χ0n) is 14.5. The van der Waals surface area contributed by atoms with Crippen LogP contribution in [0.1, 0.15) is 24.5 Å². The number of hydrogen-bond acceptors (Lipinski definition) is 5. The maximum Gasteiger partial charge on any atom is 0.187 e. The van der Waals surface area contributed by atoms with Gasteiger partial charge >= 0.3 is 0 Å². The number of H-pyrrole nitrogens is 1. The van der Waals surface area contributed by atoms with Crippen molar-refractivity contribution in [3.63, 3.8) is 0 Å². The molecule has 3 aromatic rings. The van der Waals surface area contributed by atoms with E-state index in [1.165, 1.54) is 5.69 Å². The van der Waals surface area contributed by atoms with Gasteiger partial charge in [0.15, 0.2) is 5.16 Å². The van der Waals surface area contributed by atoms with Gasteiger partial charge in [0, 0.05) is 34.0 Å². The second-order valence-electron chi connectivity index (χ2n) is 6.32. The third kappa shape index (κ3) is 3.49. The van der Waals surface area contributed by atoms with E-state index in [4.69, 9.17) is 16.6 Å². The SMILES string of the molecule is CSc1nccc(-c2c(-c3ccc(Cl)cc3)n[nH]c2C2CCNCC2)n1. The molecule has 1 aliphatic heterocycles. The first-order chi connectivity index (χ1) is 12.8. The first-order valence-corrected chi connectivity index (χ1v) is 10.3. The van der Waals surface area contributed by atoms with Gasteiger partial charge in [0.25, 0.3) is 0 Å². The van der Waals surface area contributed by atoms with Gasteiger partial charge in [-0.2, -0.15) is 5.10 Å². The van der Waals surface area contributed by atoms with Crippen LogP contribution in [0, 0.1) is 0 Å². The molecule has 2 N–H and O–H groups in total. The molecule has 5 nitrogen and oxygen atoms in total. The number of nitrogens with one attached hydrogen (secondary N) is 2. The number of hydrogen-bond donors (Lipinski definition) is 2. The van der Waals surface area contributed by atoms with Crippen LogP contribution in [0.2, 0.25) is 5.02 Å². The number of piperidine rings is 1. The van der Waals surface area contributed by atoms with Crippen molar-refractivity contribution in [2.45, 2.75) is 23.9 Å². The summed E-state index contributed by atoms with van der Waals surface area (Å²) in [7, 11) is 0. The van der Waals surface area contributed by atoms with Gasteiger partial charge in [-0.25, -0.2) is 9.97 Å². The van der Waals surface area contributed by atoms with Gasteiger partial charge in [0.05, 0.1) is 5.69 Å². The van der Waals surface area contributed by atoms with Crippen molar-refractivity contribution < 1.29 is 0 Å². The van der Waals surface area contributed by atoms with Gasteiger partial charge < -0.3 is 5.32 Å². The average molecular weight is 386 g/mol. The number of thioether (sulfide) groups is 1. The lowest BCUT2D eigenvalue weighted by Gasteiger charge is -2.22. The standard InChI is InChI=1S/C19H20ClN5S/c1-26-19-22-11-8-15(23-19)16-17(12-2-4-14(20)5-3-12)24-25-18(16)13-6-9-21-10-7-13/h2-5,8,11,13,21H,6-7,9-10H2,1H3,(H,24,25). The van der Waals surface area contributed by atoms with E-state index in [-0.39, 0.29) is 0 Å². The van der Waals surface area contributed by atoms with Crippen molar-refractivity contribution in [2.75, 3.05) is 19.3 Å². The molecule has 0 aliphatic carbocycles. The Morgan fingerprint density at radius 2 is 1.88 bits per heavy atom. The van der Waals surface area contributed by atoms with E-state index in [0.29, 0.717) is 5.92 Å². The Balaban J connectivity index is 1.86. The van der Waals surface area contributed by atoms with Crippen molar-refractivity contribution in [3.8, 4) is 22.5 Å². The number of halogens is 1. The minimum atomic E-state index is 0.451. The molecule has 0 spiro atoms. The molecule has 134 valence electrons. The maximum absolute atomic E-state index is 6.06. The second-order valence-corrected chi connectivity index (χ2v) is 7.53. The minimum Gasteiger partial charge on any atom is -0.317 e. The third-order valence-electron chi connectivity index (χ3n) is 4.73. The Labute approximate surface area is 162 Å². The Bertz CT molecular complexity index is 887. The topological polar surface area (TPSA) is 66.5 Å². The molecule has 3 heterocycles. The summed E-state index contributed by atoms with van der Waals surface area (Å²) in [5.74, 6) is 0.451. The minimum absolute atomic E-state index is 0.451. The number of nitrogens with zero attached hydrogens (tertiary/aromatic N) is 3. The zero-order valence-corrected chi connectivity index (χ0v) is 16.1. The maximum atomic E-state index is 6.06. The fourth-order valence-electron chi connectivity index (χ4n) is 3.42. The Hall–Kier alpha value is -1.89. The molecule has 7 heteroatoms. The quantitative estimate of drug-likeness (QED) is 0.515. The van der Waals surface area contributed by atoms with E-state index >= 15 is 0 Å². The van der Waals surface area contributed by atoms with Gasteiger partial charge in [-0.1, -0.05) is 35.5 Å².